The van der Waals surface area contributed by atoms with Crippen LogP contribution in [0, 0.1) is 0 Å². The molecular weight excluding hydrogens is 332 g/mol. The maximum atomic E-state index is 12.5. The lowest BCUT2D eigenvalue weighted by atomic mass is 10.3. The van der Waals surface area contributed by atoms with Gasteiger partial charge in [0.05, 0.1) is 11.0 Å². The fourth-order valence-corrected chi connectivity index (χ4v) is 3.85. The molecule has 23 heavy (non-hydrogen) atoms. The molecule has 3 aromatic rings. The summed E-state index contributed by atoms with van der Waals surface area (Å²) in [5.41, 5.74) is 7.40. The third-order valence-electron chi connectivity index (χ3n) is 4.06. The van der Waals surface area contributed by atoms with E-state index in [-0.39, 0.29) is 11.2 Å². The Labute approximate surface area is 140 Å². The van der Waals surface area contributed by atoms with Gasteiger partial charge >= 0.3 is 5.69 Å². The first-order valence-electron chi connectivity index (χ1n) is 7.22. The molecule has 120 valence electrons. The van der Waals surface area contributed by atoms with E-state index in [1.807, 2.05) is 18.2 Å². The predicted molar refractivity (Wildman–Crippen MR) is 93.0 cm³/mol. The van der Waals surface area contributed by atoms with Crippen molar-refractivity contribution >= 4 is 39.4 Å². The summed E-state index contributed by atoms with van der Waals surface area (Å²) in [5.74, 6) is 0. The molecule has 1 aliphatic carbocycles. The molecule has 1 saturated carbocycles. The smallest absolute Gasteiger partial charge is 0.335 e. The Bertz CT molecular complexity index is 952. The van der Waals surface area contributed by atoms with E-state index in [1.165, 1.54) is 24.2 Å². The summed E-state index contributed by atoms with van der Waals surface area (Å²) in [6.07, 6.45) is 2.39. The SMILES string of the molecule is Cn1c(=O)n(-c2nnc(N)s2)c2cc(SNC3(C)CC3)ccc21. The lowest BCUT2D eigenvalue weighted by Gasteiger charge is -2.10. The molecule has 0 spiro atoms. The van der Waals surface area contributed by atoms with Crippen molar-refractivity contribution in [1.29, 1.82) is 0 Å². The molecule has 2 aromatic heterocycles. The van der Waals surface area contributed by atoms with Crippen molar-refractivity contribution in [3.63, 3.8) is 0 Å². The van der Waals surface area contributed by atoms with E-state index >= 15 is 0 Å². The van der Waals surface area contributed by atoms with Crippen molar-refractivity contribution in [1.82, 2.24) is 24.1 Å². The molecule has 0 saturated heterocycles. The second kappa shape index (κ2) is 5.08. The molecule has 7 nitrogen and oxygen atoms in total. The fraction of sp³-hybridized carbons (Fsp3) is 0.357. The van der Waals surface area contributed by atoms with Gasteiger partial charge in [0, 0.05) is 17.5 Å². The number of nitrogens with one attached hydrogen (secondary N) is 1. The molecule has 1 aromatic carbocycles. The van der Waals surface area contributed by atoms with E-state index in [0.29, 0.717) is 10.3 Å². The predicted octanol–water partition coefficient (Wildman–Crippen LogP) is 1.91. The summed E-state index contributed by atoms with van der Waals surface area (Å²) >= 11 is 2.80. The first kappa shape index (κ1) is 14.7. The second-order valence-electron chi connectivity index (χ2n) is 6.02. The Morgan fingerprint density at radius 1 is 1.35 bits per heavy atom. The van der Waals surface area contributed by atoms with Crippen LogP contribution >= 0.6 is 23.3 Å². The second-order valence-corrected chi connectivity index (χ2v) is 7.88. The van der Waals surface area contributed by atoms with Crippen LogP contribution < -0.4 is 16.1 Å². The molecule has 1 fully saturated rings. The van der Waals surface area contributed by atoms with E-state index < -0.39 is 0 Å². The summed E-state index contributed by atoms with van der Waals surface area (Å²) < 4.78 is 6.65. The van der Waals surface area contributed by atoms with Crippen LogP contribution in [-0.4, -0.2) is 24.9 Å². The van der Waals surface area contributed by atoms with Gasteiger partial charge in [0.2, 0.25) is 10.3 Å². The number of fused-ring (bicyclic) bond motifs is 1. The van der Waals surface area contributed by atoms with Gasteiger partial charge in [-0.25, -0.2) is 9.36 Å². The average Bonchev–Trinajstić information content (AvgIpc) is 3.03. The lowest BCUT2D eigenvalue weighted by Crippen LogP contribution is -2.20. The van der Waals surface area contributed by atoms with Crippen LogP contribution in [0.25, 0.3) is 16.2 Å². The van der Waals surface area contributed by atoms with Gasteiger partial charge < -0.3 is 5.73 Å². The Morgan fingerprint density at radius 3 is 2.78 bits per heavy atom. The third kappa shape index (κ3) is 2.54. The van der Waals surface area contributed by atoms with E-state index in [1.54, 1.807) is 28.1 Å². The first-order valence-corrected chi connectivity index (χ1v) is 8.85. The van der Waals surface area contributed by atoms with Crippen molar-refractivity contribution < 1.29 is 0 Å². The Morgan fingerprint density at radius 2 is 2.13 bits per heavy atom. The van der Waals surface area contributed by atoms with Crippen molar-refractivity contribution in [2.45, 2.75) is 30.2 Å². The molecule has 0 atom stereocenters. The topological polar surface area (TPSA) is 90.8 Å². The number of imidazole rings is 1. The van der Waals surface area contributed by atoms with E-state index in [4.69, 9.17) is 5.73 Å². The number of aryl methyl sites for hydroxylation is 1. The van der Waals surface area contributed by atoms with Crippen LogP contribution in [0.3, 0.4) is 0 Å². The Balaban J connectivity index is 1.81. The van der Waals surface area contributed by atoms with Crippen LogP contribution in [0.15, 0.2) is 27.9 Å². The number of benzene rings is 1. The normalized spacial score (nSPS) is 16.1. The van der Waals surface area contributed by atoms with Crippen LogP contribution in [0.1, 0.15) is 19.8 Å². The number of hydrogen-bond donors (Lipinski definition) is 2. The molecule has 9 heteroatoms. The monoisotopic (exact) mass is 348 g/mol. The first-order chi connectivity index (χ1) is 11.0. The number of rotatable bonds is 4. The number of nitrogen functional groups attached to an aromatic ring is 1. The minimum absolute atomic E-state index is 0.152. The standard InChI is InChI=1S/C14H16N6OS2/c1-14(5-6-14)18-23-8-3-4-9-10(7-8)20(13(21)19(9)2)12-17-16-11(15)22-12/h3-4,7,18H,5-6H2,1-2H3,(H2,15,16). The van der Waals surface area contributed by atoms with Gasteiger partial charge in [0.25, 0.3) is 0 Å². The summed E-state index contributed by atoms with van der Waals surface area (Å²) in [4.78, 5) is 13.6. The quantitative estimate of drug-likeness (QED) is 0.700. The van der Waals surface area contributed by atoms with Crippen LogP contribution in [0.5, 0.6) is 0 Å². The molecule has 0 radical (unpaired) electrons. The van der Waals surface area contributed by atoms with E-state index in [9.17, 15) is 4.79 Å². The highest BCUT2D eigenvalue weighted by Gasteiger charge is 2.37. The molecule has 0 bridgehead atoms. The highest BCUT2D eigenvalue weighted by Crippen LogP contribution is 2.37. The van der Waals surface area contributed by atoms with Gasteiger partial charge in [-0.1, -0.05) is 11.3 Å². The van der Waals surface area contributed by atoms with Crippen LogP contribution in [0.2, 0.25) is 0 Å². The molecule has 3 N–H and O–H groups in total. The summed E-state index contributed by atoms with van der Waals surface area (Å²) in [6, 6.07) is 5.97. The fourth-order valence-electron chi connectivity index (χ4n) is 2.36. The zero-order chi connectivity index (χ0) is 16.2. The summed E-state index contributed by atoms with van der Waals surface area (Å²) in [7, 11) is 1.75. The molecule has 0 amide bonds. The molecule has 0 unspecified atom stereocenters. The molecular formula is C14H16N6OS2. The van der Waals surface area contributed by atoms with Gasteiger partial charge in [-0.2, -0.15) is 0 Å². The van der Waals surface area contributed by atoms with E-state index in [2.05, 4.69) is 21.8 Å². The average molecular weight is 348 g/mol. The van der Waals surface area contributed by atoms with Crippen molar-refractivity contribution in [3.05, 3.63) is 28.7 Å². The zero-order valence-electron chi connectivity index (χ0n) is 12.7. The number of aromatic nitrogens is 4. The maximum Gasteiger partial charge on any atom is 0.335 e. The minimum atomic E-state index is -0.152. The molecule has 2 heterocycles. The number of nitrogens with two attached hydrogens (primary N) is 1. The van der Waals surface area contributed by atoms with Crippen LogP contribution in [0.4, 0.5) is 5.13 Å². The highest BCUT2D eigenvalue weighted by atomic mass is 32.2. The summed E-state index contributed by atoms with van der Waals surface area (Å²) in [5, 5.41) is 8.65. The van der Waals surface area contributed by atoms with Crippen molar-refractivity contribution in [2.24, 2.45) is 7.05 Å². The lowest BCUT2D eigenvalue weighted by molar-refractivity contribution is 0.701. The highest BCUT2D eigenvalue weighted by molar-refractivity contribution is 7.97. The van der Waals surface area contributed by atoms with Gasteiger partial charge in [-0.3, -0.25) is 9.29 Å². The minimum Gasteiger partial charge on any atom is -0.374 e. The van der Waals surface area contributed by atoms with Gasteiger partial charge in [-0.05, 0) is 49.9 Å². The number of anilines is 1. The van der Waals surface area contributed by atoms with E-state index in [0.717, 1.165) is 15.9 Å². The van der Waals surface area contributed by atoms with Crippen molar-refractivity contribution in [3.8, 4) is 5.13 Å². The van der Waals surface area contributed by atoms with Crippen LogP contribution in [-0.2, 0) is 7.05 Å². The Hall–Kier alpha value is -1.84. The van der Waals surface area contributed by atoms with Gasteiger partial charge in [-0.15, -0.1) is 10.2 Å². The summed E-state index contributed by atoms with van der Waals surface area (Å²) in [6.45, 7) is 2.21. The number of hydrogen-bond acceptors (Lipinski definition) is 7. The van der Waals surface area contributed by atoms with Crippen molar-refractivity contribution in [2.75, 3.05) is 5.73 Å². The molecule has 1 aliphatic rings. The third-order valence-corrected chi connectivity index (χ3v) is 5.89. The number of nitrogens with zero attached hydrogens (tertiary/aromatic N) is 4. The largest absolute Gasteiger partial charge is 0.374 e. The molecule has 0 aliphatic heterocycles. The van der Waals surface area contributed by atoms with Gasteiger partial charge in [0.15, 0.2) is 0 Å². The zero-order valence-corrected chi connectivity index (χ0v) is 14.4. The molecule has 4 rings (SSSR count). The maximum absolute atomic E-state index is 12.5. The Kier molecular flexibility index (Phi) is 3.26. The van der Waals surface area contributed by atoms with Gasteiger partial charge in [0.1, 0.15) is 0 Å².